The fourth-order valence-electron chi connectivity index (χ4n) is 5.11. The first-order valence-corrected chi connectivity index (χ1v) is 25.0. The quantitative estimate of drug-likeness (QED) is 0.0255. The van der Waals surface area contributed by atoms with Crippen LogP contribution in [0.5, 0.6) is 11.5 Å². The van der Waals surface area contributed by atoms with Gasteiger partial charge in [-0.1, -0.05) is 23.2 Å². The Labute approximate surface area is 545 Å². The smallest absolute Gasteiger partial charge is 0.726 e. The third-order valence-corrected chi connectivity index (χ3v) is 13.3. The van der Waals surface area contributed by atoms with Crippen molar-refractivity contribution in [2.75, 3.05) is 61.7 Å². The van der Waals surface area contributed by atoms with Gasteiger partial charge >= 0.3 is 206 Å². The number of nitrogens with zero attached hydrogens (tertiary/aromatic N) is 2. The minimum absolute atomic E-state index is 0. The zero-order valence-electron chi connectivity index (χ0n) is 33.0. The molecule has 0 radical (unpaired) electrons. The van der Waals surface area contributed by atoms with Gasteiger partial charge in [0.2, 0.25) is 41.6 Å². The summed E-state index contributed by atoms with van der Waals surface area (Å²) in [6, 6.07) is 4.83. The third kappa shape index (κ3) is 18.5. The average Bonchev–Trinajstić information content (AvgIpc) is 3.10. The number of anilines is 3. The first-order valence-electron chi connectivity index (χ1n) is 15.6. The third-order valence-electron chi connectivity index (χ3n) is 7.37. The van der Waals surface area contributed by atoms with E-state index in [4.69, 9.17) is 32.4 Å². The first-order chi connectivity index (χ1) is 27.6. The van der Waals surface area contributed by atoms with E-state index in [1.165, 1.54) is 18.2 Å². The summed E-state index contributed by atoms with van der Waals surface area (Å²) in [4.78, 5) is 5.95. The van der Waals surface area contributed by atoms with Crippen molar-refractivity contribution in [3.05, 3.63) is 39.7 Å². The van der Waals surface area contributed by atoms with E-state index in [1.807, 2.05) is 0 Å². The van der Waals surface area contributed by atoms with Gasteiger partial charge in [0.05, 0.1) is 60.4 Å². The molecule has 64 heavy (non-hydrogen) atoms. The van der Waals surface area contributed by atoms with Crippen molar-refractivity contribution < 1.29 is 300 Å². The van der Waals surface area contributed by atoms with E-state index in [2.05, 4.69) is 37.3 Å². The van der Waals surface area contributed by atoms with E-state index in [1.54, 1.807) is 0 Å². The molecule has 38 heteroatoms. The minimum Gasteiger partial charge on any atom is -0.726 e. The summed E-state index contributed by atoms with van der Waals surface area (Å²) in [6.07, 6.45) is 0. The van der Waals surface area contributed by atoms with Crippen LogP contribution >= 0.6 is 23.2 Å². The van der Waals surface area contributed by atoms with Gasteiger partial charge in [-0.2, -0.15) is 0 Å². The Kier molecular flexibility index (Phi) is 26.7. The molecular formula is C26H22Cl2K4N4O22S6. The topological polar surface area (TPSA) is 406 Å². The van der Waals surface area contributed by atoms with Crippen LogP contribution in [0.4, 0.5) is 17.1 Å². The summed E-state index contributed by atoms with van der Waals surface area (Å²) in [7, 11) is -31.2. The predicted molar refractivity (Wildman–Crippen MR) is 196 cm³/mol. The molecule has 0 spiro atoms. The number of aromatic nitrogens is 1. The van der Waals surface area contributed by atoms with Crippen molar-refractivity contribution >= 4 is 113 Å². The van der Waals surface area contributed by atoms with Gasteiger partial charge in [-0.05, 0) is 18.2 Å². The summed E-state index contributed by atoms with van der Waals surface area (Å²) in [5.41, 5.74) is -1.60. The summed E-state index contributed by atoms with van der Waals surface area (Å²) >= 11 is 13.4. The van der Waals surface area contributed by atoms with Crippen LogP contribution in [-0.2, 0) is 78.0 Å². The van der Waals surface area contributed by atoms with Gasteiger partial charge in [0.15, 0.2) is 42.5 Å². The van der Waals surface area contributed by atoms with Crippen molar-refractivity contribution in [3.8, 4) is 23.0 Å². The number of rotatable bonds is 19. The molecule has 2 aliphatic heterocycles. The number of nitrogens with one attached hydrogen (secondary N) is 2. The van der Waals surface area contributed by atoms with Crippen LogP contribution in [0.25, 0.3) is 22.6 Å². The molecule has 2 aromatic rings. The zero-order valence-corrected chi connectivity index (χ0v) is 52.0. The maximum atomic E-state index is 13.9. The van der Waals surface area contributed by atoms with E-state index >= 15 is 0 Å². The van der Waals surface area contributed by atoms with Gasteiger partial charge in [0.25, 0.3) is 0 Å². The van der Waals surface area contributed by atoms with Crippen LogP contribution in [0.1, 0.15) is 0 Å². The van der Waals surface area contributed by atoms with Crippen LogP contribution in [0.2, 0.25) is 10.0 Å². The Bertz CT molecular complexity index is 3110. The van der Waals surface area contributed by atoms with Crippen LogP contribution in [0.15, 0.2) is 43.5 Å². The normalized spacial score (nSPS) is 13.2. The van der Waals surface area contributed by atoms with E-state index in [-0.39, 0.29) is 235 Å². The number of benzene rings is 3. The second-order valence-corrected chi connectivity index (χ2v) is 20.5. The number of ether oxygens (including phenoxy) is 1. The Morgan fingerprint density at radius 3 is 1.80 bits per heavy atom. The van der Waals surface area contributed by atoms with Gasteiger partial charge < -0.3 is 38.0 Å². The molecule has 0 saturated carbocycles. The fourth-order valence-corrected chi connectivity index (χ4v) is 9.60. The molecule has 0 unspecified atom stereocenters. The van der Waals surface area contributed by atoms with Crippen LogP contribution < -0.4 is 226 Å². The number of hydrogen-bond acceptors (Lipinski definition) is 26. The molecule has 2 N–H and O–H groups in total. The van der Waals surface area contributed by atoms with E-state index in [0.29, 0.717) is 11.8 Å². The summed E-state index contributed by atoms with van der Waals surface area (Å²) < 4.78 is 215. The van der Waals surface area contributed by atoms with Crippen molar-refractivity contribution in [1.82, 2.24) is 4.98 Å². The van der Waals surface area contributed by atoms with Gasteiger partial charge in [0.1, 0.15) is 31.8 Å². The van der Waals surface area contributed by atoms with Crippen LogP contribution in [-0.4, -0.2) is 125 Å². The van der Waals surface area contributed by atoms with Crippen molar-refractivity contribution in [1.29, 1.82) is 0 Å². The summed E-state index contributed by atoms with van der Waals surface area (Å²) in [6.45, 7) is -5.21. The van der Waals surface area contributed by atoms with Crippen molar-refractivity contribution in [2.24, 2.45) is 4.99 Å². The molecule has 26 nitrogen and oxygen atoms in total. The molecule has 3 aliphatic rings. The maximum Gasteiger partial charge on any atom is 1.00 e. The Morgan fingerprint density at radius 1 is 0.703 bits per heavy atom. The van der Waals surface area contributed by atoms with E-state index in [0.717, 1.165) is 0 Å². The molecule has 5 rings (SSSR count). The van der Waals surface area contributed by atoms with E-state index in [9.17, 15) is 68.7 Å². The molecule has 0 bridgehead atoms. The number of fused-ring (bicyclic) bond motifs is 4. The molecule has 332 valence electrons. The number of sulfone groups is 2. The second-order valence-electron chi connectivity index (χ2n) is 11.4. The molecule has 0 atom stereocenters. The summed E-state index contributed by atoms with van der Waals surface area (Å²) in [5, 5.41) is 3.87. The van der Waals surface area contributed by atoms with Gasteiger partial charge in [-0.25, -0.2) is 55.5 Å². The zero-order chi connectivity index (χ0) is 44.6. The standard InChI is InChI=1S/C26H26Cl2N4O22S6.4K/c27-18-21-23(53-16-11-13(1-2-14(16)31-21)29-3-5-49-57(37,38)39)19(28)22-24(18)54-25-20(32-22)17(55(33,34)9-7-51-59(43,44)45)12-15(30-4-6-50-58(40,41)42)26(25)56(35,36)10-8-52-60(46,47)48;;;;/h1-2,11-12,29,31H,3-10H2,(H,37,38,39)(H,40,41,42)(H,43,44,45)(H,46,47,48);;;;/q;4*+1/p-4. The molecule has 0 saturated heterocycles. The van der Waals surface area contributed by atoms with Crippen molar-refractivity contribution in [2.45, 2.75) is 9.79 Å². The predicted octanol–water partition coefficient (Wildman–Crippen LogP) is -12.1. The fraction of sp³-hybridized carbons (Fsp3) is 0.308. The molecule has 2 heterocycles. The number of halogens is 2. The Hall–Kier alpha value is 2.97. The molecule has 1 aliphatic carbocycles. The SMILES string of the molecule is O=S(=O)([O-])OCCN=c1cc(S(=O)(=O)CCOS(=O)(=O)[O-])c2nc3c(Cl)c4c(c(Cl)c3oc-2c1S(=O)(=O)CCOS(=O)(=O)[O-])Nc1ccc(NCCOS(=O)(=O)[O-])cc1O4.[K+].[K+].[K+].[K+]. The van der Waals surface area contributed by atoms with Crippen LogP contribution in [0, 0.1) is 0 Å². The number of hydrogen-bond donors (Lipinski definition) is 2. The molecule has 0 aromatic heterocycles. The first kappa shape index (κ1) is 65.0. The van der Waals surface area contributed by atoms with Gasteiger partial charge in [0, 0.05) is 18.3 Å². The largest absolute Gasteiger partial charge is 1.00 e. The molecule has 0 amide bonds. The Balaban J connectivity index is 0.00000512. The second kappa shape index (κ2) is 26.3. The average molecular weight is 1160 g/mol. The minimum atomic E-state index is -5.46. The van der Waals surface area contributed by atoms with E-state index < -0.39 is 153 Å². The monoisotopic (exact) mass is 1160 g/mol. The van der Waals surface area contributed by atoms with Gasteiger partial charge in [-0.3, -0.25) is 21.7 Å². The van der Waals surface area contributed by atoms with Crippen molar-refractivity contribution in [3.63, 3.8) is 0 Å². The molecular weight excluding hydrogens is 1140 g/mol. The van der Waals surface area contributed by atoms with Crippen LogP contribution in [0.3, 0.4) is 0 Å². The molecule has 2 aromatic carbocycles. The molecule has 0 fully saturated rings. The van der Waals surface area contributed by atoms with Gasteiger partial charge in [-0.15, -0.1) is 0 Å². The Morgan fingerprint density at radius 2 is 1.23 bits per heavy atom. The summed E-state index contributed by atoms with van der Waals surface area (Å²) in [5.74, 6) is -3.89. The maximum absolute atomic E-state index is 13.9.